The topological polar surface area (TPSA) is 103 Å². The van der Waals surface area contributed by atoms with Crippen LogP contribution in [-0.2, 0) is 11.0 Å². The maximum atomic E-state index is 13.4. The molecule has 2 N–H and O–H groups in total. The van der Waals surface area contributed by atoms with Gasteiger partial charge < -0.3 is 15.5 Å². The number of rotatable bonds is 4. The molecule has 1 aromatic carbocycles. The first-order chi connectivity index (χ1) is 16.2. The van der Waals surface area contributed by atoms with Gasteiger partial charge in [0, 0.05) is 38.1 Å². The van der Waals surface area contributed by atoms with Crippen molar-refractivity contribution in [1.82, 2.24) is 9.88 Å². The Morgan fingerprint density at radius 3 is 2.44 bits per heavy atom. The number of nitrogens with two attached hydrogens (primary N) is 1. The van der Waals surface area contributed by atoms with Crippen LogP contribution in [0.15, 0.2) is 42.6 Å². The standard InChI is InChI=1S/C24H24F3N5O2/c25-24(26,27)20-11-17(5-4-16(20)12-28)32-13-18(19(14-32)22(29)33)15-6-9-31(10-7-15)23(34)21-3-1-2-8-30-21/h1-5,8,11,15,18-19H,6-7,9-10,13-14H2,(H2,29,33)/t18-,19+/m0/s1. The predicted octanol–water partition coefficient (Wildman–Crippen LogP) is 3.06. The van der Waals surface area contributed by atoms with Crippen molar-refractivity contribution in [3.05, 3.63) is 59.4 Å². The molecular formula is C24H24F3N5O2. The summed E-state index contributed by atoms with van der Waals surface area (Å²) >= 11 is 0. The summed E-state index contributed by atoms with van der Waals surface area (Å²) in [5.74, 6) is -1.15. The molecule has 2 amide bonds. The van der Waals surface area contributed by atoms with Crippen LogP contribution < -0.4 is 10.6 Å². The van der Waals surface area contributed by atoms with Crippen molar-refractivity contribution in [3.63, 3.8) is 0 Å². The summed E-state index contributed by atoms with van der Waals surface area (Å²) in [5.41, 5.74) is 4.92. The zero-order chi connectivity index (χ0) is 24.5. The molecule has 34 heavy (non-hydrogen) atoms. The number of nitrogens with zero attached hydrogens (tertiary/aromatic N) is 4. The Kier molecular flexibility index (Phi) is 6.46. The Balaban J connectivity index is 1.48. The van der Waals surface area contributed by atoms with E-state index in [9.17, 15) is 22.8 Å². The first-order valence-corrected chi connectivity index (χ1v) is 11.0. The number of carbonyl (C=O) groups excluding carboxylic acids is 2. The molecule has 2 fully saturated rings. The second-order valence-corrected chi connectivity index (χ2v) is 8.76. The zero-order valence-corrected chi connectivity index (χ0v) is 18.3. The molecule has 7 nitrogen and oxygen atoms in total. The first-order valence-electron chi connectivity index (χ1n) is 11.0. The van der Waals surface area contributed by atoms with E-state index in [0.717, 1.165) is 12.1 Å². The van der Waals surface area contributed by atoms with Crippen LogP contribution >= 0.6 is 0 Å². The highest BCUT2D eigenvalue weighted by atomic mass is 19.4. The van der Waals surface area contributed by atoms with Gasteiger partial charge >= 0.3 is 6.18 Å². The smallest absolute Gasteiger partial charge is 0.370 e. The summed E-state index contributed by atoms with van der Waals surface area (Å²) in [4.78, 5) is 32.5. The highest BCUT2D eigenvalue weighted by Crippen LogP contribution is 2.40. The van der Waals surface area contributed by atoms with Gasteiger partial charge in [0.25, 0.3) is 5.91 Å². The van der Waals surface area contributed by atoms with Crippen molar-refractivity contribution in [2.24, 2.45) is 23.5 Å². The normalized spacial score (nSPS) is 21.4. The zero-order valence-electron chi connectivity index (χ0n) is 18.3. The number of hydrogen-bond donors (Lipinski definition) is 1. The van der Waals surface area contributed by atoms with Crippen LogP contribution in [0.1, 0.15) is 34.5 Å². The van der Waals surface area contributed by atoms with Gasteiger partial charge in [-0.1, -0.05) is 6.07 Å². The molecule has 0 bridgehead atoms. The lowest BCUT2D eigenvalue weighted by Gasteiger charge is -2.36. The molecular weight excluding hydrogens is 447 g/mol. The third-order valence-corrected chi connectivity index (χ3v) is 6.84. The molecule has 2 saturated heterocycles. The number of nitriles is 1. The number of aromatic nitrogens is 1. The van der Waals surface area contributed by atoms with Gasteiger partial charge in [-0.05, 0) is 55.0 Å². The summed E-state index contributed by atoms with van der Waals surface area (Å²) in [5, 5.41) is 9.04. The lowest BCUT2D eigenvalue weighted by atomic mass is 9.78. The van der Waals surface area contributed by atoms with Gasteiger partial charge in [-0.25, -0.2) is 0 Å². The van der Waals surface area contributed by atoms with E-state index in [0.29, 0.717) is 43.9 Å². The molecule has 2 aliphatic heterocycles. The fourth-order valence-corrected chi connectivity index (χ4v) is 5.06. The number of likely N-dealkylation sites (tertiary alicyclic amines) is 1. The third-order valence-electron chi connectivity index (χ3n) is 6.84. The van der Waals surface area contributed by atoms with Gasteiger partial charge in [0.1, 0.15) is 5.69 Å². The Bertz CT molecular complexity index is 1110. The van der Waals surface area contributed by atoms with Crippen LogP contribution in [0.3, 0.4) is 0 Å². The SMILES string of the molecule is N#Cc1ccc(N2C[C@@H](C(N)=O)[C@H](C3CCN(C(=O)c4ccccn4)CC3)C2)cc1C(F)(F)F. The highest BCUT2D eigenvalue weighted by Gasteiger charge is 2.43. The number of hydrogen-bond acceptors (Lipinski definition) is 5. The fourth-order valence-electron chi connectivity index (χ4n) is 5.06. The number of primary amides is 1. The van der Waals surface area contributed by atoms with Crippen LogP contribution in [0.5, 0.6) is 0 Å². The van der Waals surface area contributed by atoms with Gasteiger partial charge in [0.15, 0.2) is 0 Å². The van der Waals surface area contributed by atoms with Gasteiger partial charge in [0.05, 0.1) is 23.1 Å². The van der Waals surface area contributed by atoms with Crippen LogP contribution in [0, 0.1) is 29.1 Å². The number of amides is 2. The Labute approximate surface area is 195 Å². The minimum Gasteiger partial charge on any atom is -0.370 e. The lowest BCUT2D eigenvalue weighted by molar-refractivity contribution is -0.137. The molecule has 0 saturated carbocycles. The average Bonchev–Trinajstić information content (AvgIpc) is 3.29. The van der Waals surface area contributed by atoms with Crippen molar-refractivity contribution < 1.29 is 22.8 Å². The van der Waals surface area contributed by atoms with Gasteiger partial charge in [-0.15, -0.1) is 0 Å². The van der Waals surface area contributed by atoms with Crippen LogP contribution in [0.2, 0.25) is 0 Å². The minimum atomic E-state index is -4.66. The van der Waals surface area contributed by atoms with Crippen molar-refractivity contribution in [2.45, 2.75) is 19.0 Å². The van der Waals surface area contributed by atoms with Gasteiger partial charge in [0.2, 0.25) is 5.91 Å². The van der Waals surface area contributed by atoms with E-state index in [-0.39, 0.29) is 24.3 Å². The Morgan fingerprint density at radius 2 is 1.85 bits per heavy atom. The summed E-state index contributed by atoms with van der Waals surface area (Å²) in [6.07, 6.45) is -1.75. The predicted molar refractivity (Wildman–Crippen MR) is 117 cm³/mol. The molecule has 2 aromatic rings. The molecule has 3 heterocycles. The molecule has 2 aliphatic rings. The molecule has 0 spiro atoms. The number of anilines is 1. The monoisotopic (exact) mass is 471 g/mol. The summed E-state index contributed by atoms with van der Waals surface area (Å²) < 4.78 is 40.3. The Morgan fingerprint density at radius 1 is 1.12 bits per heavy atom. The molecule has 0 radical (unpaired) electrons. The fraction of sp³-hybridized carbons (Fsp3) is 0.417. The van der Waals surface area contributed by atoms with Crippen molar-refractivity contribution in [1.29, 1.82) is 5.26 Å². The first kappa shape index (κ1) is 23.5. The van der Waals surface area contributed by atoms with Gasteiger partial charge in [-0.2, -0.15) is 18.4 Å². The maximum absolute atomic E-state index is 13.4. The van der Waals surface area contributed by atoms with E-state index in [1.54, 1.807) is 40.3 Å². The van der Waals surface area contributed by atoms with E-state index in [4.69, 9.17) is 11.0 Å². The van der Waals surface area contributed by atoms with Crippen molar-refractivity contribution in [3.8, 4) is 6.07 Å². The minimum absolute atomic E-state index is 0.107. The number of piperidine rings is 1. The number of carbonyl (C=O) groups is 2. The largest absolute Gasteiger partial charge is 0.417 e. The Hall–Kier alpha value is -3.61. The number of alkyl halides is 3. The summed E-state index contributed by atoms with van der Waals surface area (Å²) in [6, 6.07) is 10.3. The summed E-state index contributed by atoms with van der Waals surface area (Å²) in [7, 11) is 0. The highest BCUT2D eigenvalue weighted by molar-refractivity contribution is 5.92. The van der Waals surface area contributed by atoms with E-state index in [1.165, 1.54) is 6.07 Å². The van der Waals surface area contributed by atoms with Crippen LogP contribution in [0.4, 0.5) is 18.9 Å². The second kappa shape index (κ2) is 9.33. The van der Waals surface area contributed by atoms with E-state index >= 15 is 0 Å². The molecule has 0 unspecified atom stereocenters. The molecule has 178 valence electrons. The summed E-state index contributed by atoms with van der Waals surface area (Å²) in [6.45, 7) is 1.63. The lowest BCUT2D eigenvalue weighted by Crippen LogP contribution is -2.42. The molecule has 0 aliphatic carbocycles. The van der Waals surface area contributed by atoms with Crippen molar-refractivity contribution >= 4 is 17.5 Å². The number of halogens is 3. The van der Waals surface area contributed by atoms with Crippen LogP contribution in [-0.4, -0.2) is 47.9 Å². The van der Waals surface area contributed by atoms with E-state index in [1.807, 2.05) is 0 Å². The number of benzene rings is 1. The van der Waals surface area contributed by atoms with Crippen LogP contribution in [0.25, 0.3) is 0 Å². The molecule has 2 atom stereocenters. The van der Waals surface area contributed by atoms with Gasteiger partial charge in [-0.3, -0.25) is 14.6 Å². The third kappa shape index (κ3) is 4.69. The van der Waals surface area contributed by atoms with E-state index in [2.05, 4.69) is 4.98 Å². The quantitative estimate of drug-likeness (QED) is 0.738. The molecule has 10 heteroatoms. The van der Waals surface area contributed by atoms with E-state index < -0.39 is 29.1 Å². The van der Waals surface area contributed by atoms with Crippen molar-refractivity contribution in [2.75, 3.05) is 31.1 Å². The molecule has 4 rings (SSSR count). The number of pyridine rings is 1. The average molecular weight is 471 g/mol. The molecule has 1 aromatic heterocycles. The second-order valence-electron chi connectivity index (χ2n) is 8.76. The maximum Gasteiger partial charge on any atom is 0.417 e.